The smallest absolute Gasteiger partial charge is 0.407 e. The number of likely N-dealkylation sites (tertiary alicyclic amines) is 1. The van der Waals surface area contributed by atoms with Crippen LogP contribution >= 0.6 is 0 Å². The predicted molar refractivity (Wildman–Crippen MR) is 224 cm³/mol. The number of nitrogens with zero attached hydrogens (tertiary/aromatic N) is 3. The summed E-state index contributed by atoms with van der Waals surface area (Å²) in [6.45, 7) is 5.13. The van der Waals surface area contributed by atoms with Crippen LogP contribution in [-0.4, -0.2) is 68.0 Å². The monoisotopic (exact) mass is 806 g/mol. The average Bonchev–Trinajstić information content (AvgIpc) is 3.92. The van der Waals surface area contributed by atoms with Gasteiger partial charge in [-0.1, -0.05) is 68.4 Å². The largest absolute Gasteiger partial charge is 0.453 e. The lowest BCUT2D eigenvalue weighted by atomic mass is 9.89. The van der Waals surface area contributed by atoms with Crippen molar-refractivity contribution in [2.45, 2.75) is 82.5 Å². The van der Waals surface area contributed by atoms with Crippen LogP contribution in [0.3, 0.4) is 0 Å². The lowest BCUT2D eigenvalue weighted by molar-refractivity contribution is -0.139. The van der Waals surface area contributed by atoms with Crippen molar-refractivity contribution < 1.29 is 32.7 Å². The molecule has 0 radical (unpaired) electrons. The van der Waals surface area contributed by atoms with Crippen LogP contribution in [-0.2, 0) is 19.1 Å². The molecule has 310 valence electrons. The maximum atomic E-state index is 16.3. The Kier molecular flexibility index (Phi) is 12.8. The minimum absolute atomic E-state index is 0.000994. The zero-order chi connectivity index (χ0) is 41.6. The zero-order valence-electron chi connectivity index (χ0n) is 33.7. The summed E-state index contributed by atoms with van der Waals surface area (Å²) in [4.78, 5) is 55.6. The maximum absolute atomic E-state index is 16.3. The van der Waals surface area contributed by atoms with Crippen molar-refractivity contribution in [3.8, 4) is 0 Å². The highest BCUT2D eigenvalue weighted by molar-refractivity contribution is 5.98. The summed E-state index contributed by atoms with van der Waals surface area (Å²) in [5, 5.41) is 8.24. The number of amides is 4. The van der Waals surface area contributed by atoms with Gasteiger partial charge in [0.05, 0.1) is 19.2 Å². The summed E-state index contributed by atoms with van der Waals surface area (Å²) in [5.74, 6) is -1.75. The molecule has 7 rings (SSSR count). The van der Waals surface area contributed by atoms with Crippen LogP contribution in [0.5, 0.6) is 0 Å². The van der Waals surface area contributed by atoms with Crippen molar-refractivity contribution in [3.05, 3.63) is 119 Å². The lowest BCUT2D eigenvalue weighted by Crippen LogP contribution is -2.54. The molecule has 2 unspecified atom stereocenters. The maximum Gasteiger partial charge on any atom is 0.407 e. The highest BCUT2D eigenvalue weighted by Gasteiger charge is 2.40. The Labute approximate surface area is 344 Å². The minimum atomic E-state index is -0.838. The number of piperidine rings is 1. The van der Waals surface area contributed by atoms with Crippen LogP contribution in [0.1, 0.15) is 87.1 Å². The van der Waals surface area contributed by atoms with Gasteiger partial charge in [-0.05, 0) is 103 Å². The molecular formula is C46H52F2N6O5. The summed E-state index contributed by atoms with van der Waals surface area (Å²) in [6, 6.07) is 26.1. The fourth-order valence-corrected chi connectivity index (χ4v) is 9.06. The molecule has 4 atom stereocenters. The summed E-state index contributed by atoms with van der Waals surface area (Å²) >= 11 is 0. The Morgan fingerprint density at radius 2 is 1.36 bits per heavy atom. The molecule has 0 aliphatic carbocycles. The molecule has 3 saturated heterocycles. The van der Waals surface area contributed by atoms with E-state index < -0.39 is 29.8 Å². The first kappa shape index (κ1) is 41.2. The summed E-state index contributed by atoms with van der Waals surface area (Å²) in [5.41, 5.74) is 4.71. The number of methoxy groups -OCH3 is 1. The standard InChI is InChI=1S/C46H52F2N6O5/c1-29(2)42(51-46(58)59-3)45(57)53-23-7-10-41(53)44(56)50-35-17-13-33(14-18-35)40-20-19-39(32-11-15-34(16-12-32)49-28-55)54(40)36-26-37(47)43(38(48)27-36)52-24-21-31(22-25-52)30-8-5-4-6-9-30/h4-6,8-9,11-18,26-29,31,39-42H,7,10,19-25H2,1-3H3,(H,49,55)(H,50,56)(H,51,58)/t39?,40-,41-,42?/m0/s1. The zero-order valence-corrected chi connectivity index (χ0v) is 33.7. The normalized spacial score (nSPS) is 20.0. The van der Waals surface area contributed by atoms with Gasteiger partial charge < -0.3 is 35.4 Å². The SMILES string of the molecule is COC(=O)NC(C(=O)N1CCC[C@H]1C(=O)Nc1ccc([C@@H]2CCC(c3ccc(NC=O)cc3)N2c2cc(F)c(N3CCC(c4ccccc4)CC3)c(F)c2)cc1)C(C)C. The molecule has 0 aromatic heterocycles. The molecule has 3 heterocycles. The molecule has 13 heteroatoms. The molecule has 4 aromatic rings. The second kappa shape index (κ2) is 18.3. The van der Waals surface area contributed by atoms with E-state index in [1.54, 1.807) is 12.1 Å². The topological polar surface area (TPSA) is 123 Å². The van der Waals surface area contributed by atoms with E-state index >= 15 is 8.78 Å². The van der Waals surface area contributed by atoms with Gasteiger partial charge in [-0.25, -0.2) is 13.6 Å². The van der Waals surface area contributed by atoms with E-state index in [0.29, 0.717) is 74.7 Å². The number of rotatable bonds is 12. The number of benzene rings is 4. The van der Waals surface area contributed by atoms with Gasteiger partial charge in [0.2, 0.25) is 18.2 Å². The Morgan fingerprint density at radius 1 is 0.763 bits per heavy atom. The van der Waals surface area contributed by atoms with Crippen molar-refractivity contribution >= 4 is 47.1 Å². The lowest BCUT2D eigenvalue weighted by Gasteiger charge is -2.36. The first-order valence-corrected chi connectivity index (χ1v) is 20.5. The number of halogens is 2. The molecule has 11 nitrogen and oxygen atoms in total. The van der Waals surface area contributed by atoms with Gasteiger partial charge in [0.25, 0.3) is 0 Å². The van der Waals surface area contributed by atoms with Crippen molar-refractivity contribution in [1.82, 2.24) is 10.2 Å². The van der Waals surface area contributed by atoms with Crippen LogP contribution in [0.4, 0.5) is 36.3 Å². The molecule has 3 N–H and O–H groups in total. The number of ether oxygens (including phenoxy) is 1. The van der Waals surface area contributed by atoms with Crippen molar-refractivity contribution in [2.24, 2.45) is 5.92 Å². The van der Waals surface area contributed by atoms with Gasteiger partial charge in [-0.3, -0.25) is 14.4 Å². The molecule has 4 aromatic carbocycles. The van der Waals surface area contributed by atoms with E-state index in [1.165, 1.54) is 29.7 Å². The number of hydrogen-bond acceptors (Lipinski definition) is 7. The summed E-state index contributed by atoms with van der Waals surface area (Å²) in [7, 11) is 1.24. The van der Waals surface area contributed by atoms with Gasteiger partial charge in [-0.2, -0.15) is 0 Å². The molecule has 3 aliphatic heterocycles. The average molecular weight is 807 g/mol. The van der Waals surface area contributed by atoms with Crippen LogP contribution in [0.2, 0.25) is 0 Å². The third-order valence-corrected chi connectivity index (χ3v) is 12.1. The van der Waals surface area contributed by atoms with Gasteiger partial charge in [0.15, 0.2) is 11.6 Å². The summed E-state index contributed by atoms with van der Waals surface area (Å²) < 4.78 is 37.2. The Bertz CT molecular complexity index is 2090. The van der Waals surface area contributed by atoms with Crippen LogP contribution in [0.25, 0.3) is 0 Å². The molecule has 3 aliphatic rings. The van der Waals surface area contributed by atoms with Crippen LogP contribution in [0.15, 0.2) is 91.0 Å². The van der Waals surface area contributed by atoms with Gasteiger partial charge >= 0.3 is 6.09 Å². The molecule has 0 bridgehead atoms. The second-order valence-corrected chi connectivity index (χ2v) is 16.0. The van der Waals surface area contributed by atoms with E-state index in [0.717, 1.165) is 24.0 Å². The molecule has 3 fully saturated rings. The van der Waals surface area contributed by atoms with E-state index in [-0.39, 0.29) is 35.5 Å². The number of alkyl carbamates (subject to hydrolysis) is 1. The number of carbonyl (C=O) groups excluding carboxylic acids is 4. The number of nitrogens with one attached hydrogen (secondary N) is 3. The second-order valence-electron chi connectivity index (χ2n) is 16.0. The van der Waals surface area contributed by atoms with E-state index in [9.17, 15) is 19.2 Å². The van der Waals surface area contributed by atoms with Crippen molar-refractivity contribution in [3.63, 3.8) is 0 Å². The van der Waals surface area contributed by atoms with Crippen LogP contribution in [0, 0.1) is 17.6 Å². The Morgan fingerprint density at radius 3 is 1.92 bits per heavy atom. The molecule has 59 heavy (non-hydrogen) atoms. The highest BCUT2D eigenvalue weighted by Crippen LogP contribution is 2.48. The van der Waals surface area contributed by atoms with Gasteiger partial charge in [-0.15, -0.1) is 0 Å². The fourth-order valence-electron chi connectivity index (χ4n) is 9.06. The first-order chi connectivity index (χ1) is 28.6. The third-order valence-electron chi connectivity index (χ3n) is 12.1. The quantitative estimate of drug-likeness (QED) is 0.123. The van der Waals surface area contributed by atoms with Crippen molar-refractivity contribution in [1.29, 1.82) is 0 Å². The number of anilines is 4. The Hall–Kier alpha value is -5.98. The minimum Gasteiger partial charge on any atom is -0.453 e. The third kappa shape index (κ3) is 9.04. The number of hydrogen-bond donors (Lipinski definition) is 3. The molecule has 4 amide bonds. The molecule has 0 saturated carbocycles. The van der Waals surface area contributed by atoms with E-state index in [1.807, 2.05) is 73.3 Å². The van der Waals surface area contributed by atoms with Gasteiger partial charge in [0, 0.05) is 36.7 Å². The van der Waals surface area contributed by atoms with E-state index in [2.05, 4.69) is 33.0 Å². The molecular weight excluding hydrogens is 755 g/mol. The van der Waals surface area contributed by atoms with Crippen molar-refractivity contribution in [2.75, 3.05) is 47.2 Å². The Balaban J connectivity index is 1.10. The van der Waals surface area contributed by atoms with Gasteiger partial charge in [0.1, 0.15) is 17.8 Å². The number of carbonyl (C=O) groups is 4. The van der Waals surface area contributed by atoms with E-state index in [4.69, 9.17) is 4.74 Å². The fraction of sp³-hybridized carbons (Fsp3) is 0.391. The molecule has 0 spiro atoms. The highest BCUT2D eigenvalue weighted by atomic mass is 19.1. The first-order valence-electron chi connectivity index (χ1n) is 20.5. The van der Waals surface area contributed by atoms with Crippen LogP contribution < -0.4 is 25.8 Å². The summed E-state index contributed by atoms with van der Waals surface area (Å²) in [6.07, 6.45) is 4.04. The predicted octanol–water partition coefficient (Wildman–Crippen LogP) is 8.31.